The number of carbonyl (C=O) groups is 1. The maximum Gasteiger partial charge on any atom is 0.253 e. The molecule has 0 saturated carbocycles. The Morgan fingerprint density at radius 1 is 0.976 bits per heavy atom. The number of amides is 1. The average Bonchev–Trinajstić information content (AvgIpc) is 3.37. The van der Waals surface area contributed by atoms with Crippen LogP contribution >= 0.6 is 0 Å². The number of imidazole rings is 1. The summed E-state index contributed by atoms with van der Waals surface area (Å²) in [5.74, 6) is 1.99. The third-order valence-electron chi connectivity index (χ3n) is 8.21. The molecule has 5 rings (SSSR count). The third-order valence-corrected chi connectivity index (χ3v) is 8.21. The first-order valence-corrected chi connectivity index (χ1v) is 15.0. The summed E-state index contributed by atoms with van der Waals surface area (Å²) in [5, 5.41) is 9.58. The van der Waals surface area contributed by atoms with Gasteiger partial charge >= 0.3 is 0 Å². The summed E-state index contributed by atoms with van der Waals surface area (Å²) in [6.45, 7) is 9.11. The second-order valence-corrected chi connectivity index (χ2v) is 10.7. The molecule has 1 N–H and O–H groups in total. The molecule has 3 aromatic carbocycles. The van der Waals surface area contributed by atoms with Gasteiger partial charge in [0, 0.05) is 57.2 Å². The molecule has 7 heteroatoms. The molecule has 1 aliphatic rings. The molecule has 41 heavy (non-hydrogen) atoms. The molecule has 0 spiro atoms. The Bertz CT molecular complexity index is 1420. The summed E-state index contributed by atoms with van der Waals surface area (Å²) in [6.07, 6.45) is 3.46. The third kappa shape index (κ3) is 6.80. The fourth-order valence-electron chi connectivity index (χ4n) is 5.93. The van der Waals surface area contributed by atoms with Crippen LogP contribution in [0.1, 0.15) is 60.0 Å². The highest BCUT2D eigenvalue weighted by molar-refractivity contribution is 5.94. The lowest BCUT2D eigenvalue weighted by atomic mass is 10.0. The molecular weight excluding hydrogens is 512 g/mol. The van der Waals surface area contributed by atoms with Gasteiger partial charge in [0.05, 0.1) is 17.6 Å². The molecule has 1 amide bonds. The molecule has 0 aliphatic carbocycles. The first-order valence-electron chi connectivity index (χ1n) is 15.0. The molecule has 1 saturated heterocycles. The van der Waals surface area contributed by atoms with Crippen molar-refractivity contribution in [1.82, 2.24) is 19.4 Å². The van der Waals surface area contributed by atoms with Crippen LogP contribution in [-0.4, -0.2) is 76.3 Å². The van der Waals surface area contributed by atoms with E-state index >= 15 is 0 Å². The zero-order chi connectivity index (χ0) is 28.6. The summed E-state index contributed by atoms with van der Waals surface area (Å²) in [5.41, 5.74) is 5.22. The molecule has 4 aromatic rings. The lowest BCUT2D eigenvalue weighted by molar-refractivity contribution is 0.0773. The number of hydrogen-bond acceptors (Lipinski definition) is 5. The Hall–Kier alpha value is -3.68. The number of hydrogen-bond donors (Lipinski definition) is 1. The number of aliphatic hydroxyl groups excluding tert-OH is 1. The number of piperidine rings is 1. The highest BCUT2D eigenvalue weighted by atomic mass is 16.5. The fourth-order valence-corrected chi connectivity index (χ4v) is 5.93. The second-order valence-electron chi connectivity index (χ2n) is 10.7. The minimum atomic E-state index is 0.0818. The number of nitrogens with zero attached hydrogens (tertiary/aromatic N) is 4. The van der Waals surface area contributed by atoms with E-state index in [0.717, 1.165) is 72.7 Å². The summed E-state index contributed by atoms with van der Waals surface area (Å²) in [7, 11) is 0. The summed E-state index contributed by atoms with van der Waals surface area (Å²) >= 11 is 0. The summed E-state index contributed by atoms with van der Waals surface area (Å²) in [6, 6.07) is 24.9. The first-order chi connectivity index (χ1) is 20.1. The van der Waals surface area contributed by atoms with Gasteiger partial charge in [0.2, 0.25) is 0 Å². The number of para-hydroxylation sites is 3. The van der Waals surface area contributed by atoms with E-state index in [0.29, 0.717) is 32.2 Å². The zero-order valence-corrected chi connectivity index (χ0v) is 24.3. The number of benzene rings is 3. The SMILES string of the molecule is CCN(CC)C(=O)c1ccc(Cc2ccccc2OCCN2CCC(n3c(CCO)nc4ccccc43)CC2)cc1. The lowest BCUT2D eigenvalue weighted by Crippen LogP contribution is -2.37. The van der Waals surface area contributed by atoms with Crippen molar-refractivity contribution >= 4 is 16.9 Å². The van der Waals surface area contributed by atoms with Crippen molar-refractivity contribution in [3.8, 4) is 5.75 Å². The largest absolute Gasteiger partial charge is 0.492 e. The van der Waals surface area contributed by atoms with Crippen LogP contribution in [0.25, 0.3) is 11.0 Å². The number of aromatic nitrogens is 2. The Labute approximate surface area is 243 Å². The van der Waals surface area contributed by atoms with E-state index in [9.17, 15) is 9.90 Å². The average molecular weight is 555 g/mol. The second kappa shape index (κ2) is 13.8. The van der Waals surface area contributed by atoms with Gasteiger partial charge in [-0.15, -0.1) is 0 Å². The van der Waals surface area contributed by atoms with Crippen molar-refractivity contribution in [1.29, 1.82) is 0 Å². The van der Waals surface area contributed by atoms with Crippen LogP contribution in [0.15, 0.2) is 72.8 Å². The van der Waals surface area contributed by atoms with Gasteiger partial charge in [-0.3, -0.25) is 9.69 Å². The smallest absolute Gasteiger partial charge is 0.253 e. The molecule has 1 aromatic heterocycles. The van der Waals surface area contributed by atoms with Crippen LogP contribution in [0.3, 0.4) is 0 Å². The predicted octanol–water partition coefficient (Wildman–Crippen LogP) is 5.36. The van der Waals surface area contributed by atoms with E-state index < -0.39 is 0 Å². The molecule has 7 nitrogen and oxygen atoms in total. The van der Waals surface area contributed by atoms with Gasteiger partial charge in [-0.2, -0.15) is 0 Å². The van der Waals surface area contributed by atoms with Crippen LogP contribution in [-0.2, 0) is 12.8 Å². The standard InChI is InChI=1S/C34H42N4O3/c1-3-37(4-2)34(40)27-15-13-26(14-16-27)25-28-9-5-8-12-32(28)41-24-22-36-20-17-29(18-21-36)38-31-11-7-6-10-30(31)35-33(38)19-23-39/h5-16,29,39H,3-4,17-25H2,1-2H3. The summed E-state index contributed by atoms with van der Waals surface area (Å²) < 4.78 is 8.66. The van der Waals surface area contributed by atoms with E-state index in [1.54, 1.807) is 0 Å². The van der Waals surface area contributed by atoms with Crippen LogP contribution < -0.4 is 4.74 Å². The van der Waals surface area contributed by atoms with Crippen LogP contribution in [0.5, 0.6) is 5.75 Å². The topological polar surface area (TPSA) is 70.8 Å². The van der Waals surface area contributed by atoms with Gasteiger partial charge < -0.3 is 19.3 Å². The minimum absolute atomic E-state index is 0.0818. The van der Waals surface area contributed by atoms with Crippen molar-refractivity contribution in [3.63, 3.8) is 0 Å². The van der Waals surface area contributed by atoms with Crippen molar-refractivity contribution in [3.05, 3.63) is 95.3 Å². The van der Waals surface area contributed by atoms with Gasteiger partial charge in [0.15, 0.2) is 0 Å². The predicted molar refractivity (Wildman–Crippen MR) is 164 cm³/mol. The minimum Gasteiger partial charge on any atom is -0.492 e. The molecule has 0 radical (unpaired) electrons. The summed E-state index contributed by atoms with van der Waals surface area (Å²) in [4.78, 5) is 21.8. The molecule has 0 unspecified atom stereocenters. The number of fused-ring (bicyclic) bond motifs is 1. The Morgan fingerprint density at radius 2 is 1.68 bits per heavy atom. The van der Waals surface area contributed by atoms with Crippen molar-refractivity contribution in [2.75, 3.05) is 45.9 Å². The van der Waals surface area contributed by atoms with E-state index in [1.165, 1.54) is 5.52 Å². The van der Waals surface area contributed by atoms with Crippen molar-refractivity contribution in [2.45, 2.75) is 45.6 Å². The number of likely N-dealkylation sites (tertiary alicyclic amines) is 1. The number of aliphatic hydroxyl groups is 1. The van der Waals surface area contributed by atoms with Gasteiger partial charge in [0.1, 0.15) is 18.2 Å². The molecule has 0 bridgehead atoms. The van der Waals surface area contributed by atoms with Crippen LogP contribution in [0, 0.1) is 0 Å². The molecular formula is C34H42N4O3. The highest BCUT2D eigenvalue weighted by Gasteiger charge is 2.24. The van der Waals surface area contributed by atoms with Gasteiger partial charge in [0.25, 0.3) is 5.91 Å². The molecule has 1 fully saturated rings. The number of ether oxygens (including phenoxy) is 1. The van der Waals surface area contributed by atoms with Crippen LogP contribution in [0.4, 0.5) is 0 Å². The number of rotatable bonds is 12. The maximum absolute atomic E-state index is 12.6. The Morgan fingerprint density at radius 3 is 2.41 bits per heavy atom. The quantitative estimate of drug-likeness (QED) is 0.255. The highest BCUT2D eigenvalue weighted by Crippen LogP contribution is 2.29. The zero-order valence-electron chi connectivity index (χ0n) is 24.3. The van der Waals surface area contributed by atoms with Gasteiger partial charge in [-0.1, -0.05) is 42.5 Å². The van der Waals surface area contributed by atoms with E-state index in [1.807, 2.05) is 61.2 Å². The van der Waals surface area contributed by atoms with E-state index in [-0.39, 0.29) is 12.5 Å². The molecule has 1 aliphatic heterocycles. The van der Waals surface area contributed by atoms with Crippen molar-refractivity contribution in [2.24, 2.45) is 0 Å². The molecule has 216 valence electrons. The lowest BCUT2D eigenvalue weighted by Gasteiger charge is -2.33. The van der Waals surface area contributed by atoms with Gasteiger partial charge in [-0.05, 0) is 68.1 Å². The Balaban J connectivity index is 1.14. The molecule has 2 heterocycles. The fraction of sp³-hybridized carbons (Fsp3) is 0.412. The normalized spacial score (nSPS) is 14.4. The monoisotopic (exact) mass is 554 g/mol. The first kappa shape index (κ1) is 28.8. The van der Waals surface area contributed by atoms with E-state index in [2.05, 4.69) is 39.8 Å². The van der Waals surface area contributed by atoms with Gasteiger partial charge in [-0.25, -0.2) is 4.98 Å². The van der Waals surface area contributed by atoms with E-state index in [4.69, 9.17) is 9.72 Å². The van der Waals surface area contributed by atoms with Crippen LogP contribution in [0.2, 0.25) is 0 Å². The number of carbonyl (C=O) groups excluding carboxylic acids is 1. The molecule has 0 atom stereocenters. The Kier molecular flexibility index (Phi) is 9.70. The maximum atomic E-state index is 12.6. The van der Waals surface area contributed by atoms with Crippen molar-refractivity contribution < 1.29 is 14.6 Å².